The summed E-state index contributed by atoms with van der Waals surface area (Å²) in [5, 5.41) is 0. The zero-order valence-corrected chi connectivity index (χ0v) is 9.65. The van der Waals surface area contributed by atoms with Gasteiger partial charge in [0.1, 0.15) is 5.75 Å². The highest BCUT2D eigenvalue weighted by molar-refractivity contribution is 7.85. The summed E-state index contributed by atoms with van der Waals surface area (Å²) in [7, 11) is -4.43. The van der Waals surface area contributed by atoms with Gasteiger partial charge in [-0.25, -0.2) is 0 Å². The van der Waals surface area contributed by atoms with Crippen LogP contribution in [0.1, 0.15) is 11.1 Å². The molecule has 2 N–H and O–H groups in total. The van der Waals surface area contributed by atoms with E-state index in [0.717, 1.165) is 12.0 Å². The van der Waals surface area contributed by atoms with Gasteiger partial charge in [-0.2, -0.15) is 8.42 Å². The summed E-state index contributed by atoms with van der Waals surface area (Å²) in [5.41, 5.74) is 6.82. The summed E-state index contributed by atoms with van der Waals surface area (Å²) < 4.78 is 32.9. The van der Waals surface area contributed by atoms with Gasteiger partial charge >= 0.3 is 10.2 Å². The quantitative estimate of drug-likeness (QED) is 0.826. The van der Waals surface area contributed by atoms with Crippen molar-refractivity contribution in [2.75, 3.05) is 6.54 Å². The molecular formula is C9H13ClFNO2S. The second-order valence-electron chi connectivity index (χ2n) is 3.04. The third-order valence-corrected chi connectivity index (χ3v) is 2.47. The second-order valence-corrected chi connectivity index (χ2v) is 4.40. The topological polar surface area (TPSA) is 60.2 Å². The molecule has 0 saturated heterocycles. The summed E-state index contributed by atoms with van der Waals surface area (Å²) in [6, 6.07) is 6.71. The average molecular weight is 254 g/mol. The lowest BCUT2D eigenvalue weighted by atomic mass is 10.1. The van der Waals surface area contributed by atoms with Crippen molar-refractivity contribution < 1.29 is 12.3 Å². The Morgan fingerprint density at radius 2 is 1.60 bits per heavy atom. The van der Waals surface area contributed by atoms with Crippen molar-refractivity contribution >= 4 is 22.6 Å². The Bertz CT molecular complexity index is 391. The molecule has 0 radical (unpaired) electrons. The van der Waals surface area contributed by atoms with Crippen LogP contribution in [0.15, 0.2) is 24.3 Å². The summed E-state index contributed by atoms with van der Waals surface area (Å²) >= 11 is 0. The predicted octanol–water partition coefficient (Wildman–Crippen LogP) is 1.41. The Morgan fingerprint density at radius 1 is 1.13 bits per heavy atom. The van der Waals surface area contributed by atoms with Crippen LogP contribution in [0.25, 0.3) is 0 Å². The van der Waals surface area contributed by atoms with E-state index in [1.54, 1.807) is 24.3 Å². The molecule has 0 fully saturated rings. The van der Waals surface area contributed by atoms with E-state index in [1.807, 2.05) is 0 Å². The normalized spacial score (nSPS) is 10.8. The molecule has 0 amide bonds. The van der Waals surface area contributed by atoms with Gasteiger partial charge in [0.15, 0.2) is 0 Å². The monoisotopic (exact) mass is 253 g/mol. The van der Waals surface area contributed by atoms with Crippen LogP contribution in [0, 0.1) is 0 Å². The van der Waals surface area contributed by atoms with E-state index < -0.39 is 16.0 Å². The molecule has 1 rings (SSSR count). The van der Waals surface area contributed by atoms with E-state index in [1.165, 1.54) is 0 Å². The fourth-order valence-corrected chi connectivity index (χ4v) is 1.76. The second kappa shape index (κ2) is 6.05. The molecule has 1 aromatic rings. The van der Waals surface area contributed by atoms with Crippen molar-refractivity contribution in [1.29, 1.82) is 0 Å². The maximum absolute atomic E-state index is 12.3. The van der Waals surface area contributed by atoms with Gasteiger partial charge in [0.2, 0.25) is 0 Å². The third kappa shape index (κ3) is 5.71. The Balaban J connectivity index is 0.00000196. The third-order valence-electron chi connectivity index (χ3n) is 1.80. The van der Waals surface area contributed by atoms with Crippen molar-refractivity contribution in [3.63, 3.8) is 0 Å². The molecule has 0 unspecified atom stereocenters. The maximum Gasteiger partial charge on any atom is 0.306 e. The van der Waals surface area contributed by atoms with Crippen LogP contribution in [0.3, 0.4) is 0 Å². The fraction of sp³-hybridized carbons (Fsp3) is 0.333. The first-order chi connectivity index (χ1) is 6.51. The zero-order chi connectivity index (χ0) is 10.6. The van der Waals surface area contributed by atoms with Crippen molar-refractivity contribution in [3.8, 4) is 0 Å². The van der Waals surface area contributed by atoms with Gasteiger partial charge in [-0.1, -0.05) is 24.3 Å². The SMILES string of the molecule is Cl.NCCc1ccc(CS(=O)(=O)F)cc1. The van der Waals surface area contributed by atoms with E-state index in [4.69, 9.17) is 5.73 Å². The summed E-state index contributed by atoms with van der Waals surface area (Å²) in [5.74, 6) is -0.560. The first-order valence-electron chi connectivity index (χ1n) is 4.21. The molecule has 1 aromatic carbocycles. The molecule has 0 aromatic heterocycles. The molecule has 0 aliphatic carbocycles. The predicted molar refractivity (Wildman–Crippen MR) is 60.2 cm³/mol. The highest BCUT2D eigenvalue weighted by Gasteiger charge is 2.07. The molecule has 6 heteroatoms. The Labute approximate surface area is 95.1 Å². The van der Waals surface area contributed by atoms with Crippen LogP contribution in [0.2, 0.25) is 0 Å². The van der Waals surface area contributed by atoms with Crippen molar-refractivity contribution in [1.82, 2.24) is 0 Å². The van der Waals surface area contributed by atoms with Crippen LogP contribution >= 0.6 is 12.4 Å². The molecule has 0 aliphatic heterocycles. The number of halogens is 2. The smallest absolute Gasteiger partial charge is 0.306 e. The lowest BCUT2D eigenvalue weighted by Gasteiger charge is -2.00. The summed E-state index contributed by atoms with van der Waals surface area (Å²) in [4.78, 5) is 0. The zero-order valence-electron chi connectivity index (χ0n) is 8.02. The van der Waals surface area contributed by atoms with Crippen LogP contribution in [0.4, 0.5) is 3.89 Å². The number of benzene rings is 1. The first kappa shape index (κ1) is 14.3. The Hall–Kier alpha value is -0.650. The molecule has 3 nitrogen and oxygen atoms in total. The van der Waals surface area contributed by atoms with Crippen LogP contribution in [-0.2, 0) is 22.4 Å². The Morgan fingerprint density at radius 3 is 2.00 bits per heavy atom. The van der Waals surface area contributed by atoms with E-state index in [9.17, 15) is 12.3 Å². The molecule has 0 atom stereocenters. The van der Waals surface area contributed by atoms with Crippen molar-refractivity contribution in [2.24, 2.45) is 5.73 Å². The van der Waals surface area contributed by atoms with Gasteiger partial charge < -0.3 is 5.73 Å². The molecule has 0 saturated carbocycles. The van der Waals surface area contributed by atoms with Gasteiger partial charge in [-0.05, 0) is 24.1 Å². The van der Waals surface area contributed by atoms with Gasteiger partial charge in [-0.3, -0.25) is 0 Å². The van der Waals surface area contributed by atoms with Gasteiger partial charge in [0, 0.05) is 0 Å². The molecule has 86 valence electrons. The standard InChI is InChI=1S/C9H12FNO2S.ClH/c10-14(12,13)7-9-3-1-8(2-4-9)5-6-11;/h1-4H,5-7,11H2;1H. The average Bonchev–Trinajstić information content (AvgIpc) is 2.06. The minimum atomic E-state index is -4.43. The van der Waals surface area contributed by atoms with Crippen molar-refractivity contribution in [2.45, 2.75) is 12.2 Å². The largest absolute Gasteiger partial charge is 0.330 e. The van der Waals surface area contributed by atoms with E-state index >= 15 is 0 Å². The van der Waals surface area contributed by atoms with Gasteiger partial charge in [-0.15, -0.1) is 16.3 Å². The molecule has 0 heterocycles. The van der Waals surface area contributed by atoms with Crippen LogP contribution in [-0.4, -0.2) is 15.0 Å². The summed E-state index contributed by atoms with van der Waals surface area (Å²) in [6.45, 7) is 0.542. The van der Waals surface area contributed by atoms with E-state index in [2.05, 4.69) is 0 Å². The van der Waals surface area contributed by atoms with Crippen molar-refractivity contribution in [3.05, 3.63) is 35.4 Å². The minimum Gasteiger partial charge on any atom is -0.330 e. The van der Waals surface area contributed by atoms with Gasteiger partial charge in [0.05, 0.1) is 0 Å². The highest BCUT2D eigenvalue weighted by Crippen LogP contribution is 2.09. The molecule has 0 bridgehead atoms. The molecule has 15 heavy (non-hydrogen) atoms. The summed E-state index contributed by atoms with van der Waals surface area (Å²) in [6.07, 6.45) is 0.739. The molecule has 0 spiro atoms. The number of hydrogen-bond acceptors (Lipinski definition) is 3. The number of hydrogen-bond donors (Lipinski definition) is 1. The number of nitrogens with two attached hydrogens (primary N) is 1. The minimum absolute atomic E-state index is 0. The molecular weight excluding hydrogens is 241 g/mol. The van der Waals surface area contributed by atoms with E-state index in [0.29, 0.717) is 12.1 Å². The van der Waals surface area contributed by atoms with E-state index in [-0.39, 0.29) is 12.4 Å². The lowest BCUT2D eigenvalue weighted by Crippen LogP contribution is -2.03. The lowest BCUT2D eigenvalue weighted by molar-refractivity contribution is 0.551. The Kier molecular flexibility index (Phi) is 5.79. The maximum atomic E-state index is 12.3. The fourth-order valence-electron chi connectivity index (χ4n) is 1.17. The molecule has 0 aliphatic rings. The first-order valence-corrected chi connectivity index (χ1v) is 5.77. The highest BCUT2D eigenvalue weighted by atomic mass is 35.5. The van der Waals surface area contributed by atoms with Gasteiger partial charge in [0.25, 0.3) is 0 Å². The van der Waals surface area contributed by atoms with Crippen LogP contribution in [0.5, 0.6) is 0 Å². The van der Waals surface area contributed by atoms with Crippen LogP contribution < -0.4 is 5.73 Å². The number of rotatable bonds is 4.